The van der Waals surface area contributed by atoms with E-state index in [4.69, 9.17) is 0 Å². The van der Waals surface area contributed by atoms with E-state index in [1.165, 1.54) is 6.21 Å². The number of hydrazine groups is 1. The minimum Gasteiger partial charge on any atom is -0.292 e. The number of nitrogens with one attached hydrogen (secondary N) is 5. The molecule has 1 fully saturated rings. The summed E-state index contributed by atoms with van der Waals surface area (Å²) >= 11 is 3.33. The molecule has 5 N–H and O–H groups in total. The van der Waals surface area contributed by atoms with Gasteiger partial charge in [0.05, 0.1) is 6.21 Å². The molecule has 1 aliphatic rings. The first-order valence-corrected chi connectivity index (χ1v) is 7.51. The number of nitrogens with zero attached hydrogens (tertiary/aromatic N) is 1. The van der Waals surface area contributed by atoms with Gasteiger partial charge in [-0.15, -0.1) is 0 Å². The third-order valence-corrected chi connectivity index (χ3v) is 3.33. The first kappa shape index (κ1) is 17.1. The van der Waals surface area contributed by atoms with Gasteiger partial charge in [-0.3, -0.25) is 25.6 Å². The molecule has 23 heavy (non-hydrogen) atoms. The number of amides is 4. The highest BCUT2D eigenvalue weighted by molar-refractivity contribution is 9.10. The molecule has 9 nitrogen and oxygen atoms in total. The second-order valence-electron chi connectivity index (χ2n) is 4.57. The van der Waals surface area contributed by atoms with Crippen LogP contribution in [0.2, 0.25) is 0 Å². The minimum atomic E-state index is -0.785. The SMILES string of the molecule is O=C(CCNC1NNC(=O)NC1=O)N/N=C/c1ccc(Br)cc1. The van der Waals surface area contributed by atoms with E-state index in [0.717, 1.165) is 10.0 Å². The van der Waals surface area contributed by atoms with E-state index in [9.17, 15) is 14.4 Å². The molecule has 1 unspecified atom stereocenters. The Hall–Kier alpha value is -2.30. The molecule has 1 aliphatic heterocycles. The summed E-state index contributed by atoms with van der Waals surface area (Å²) in [6.07, 6.45) is 0.868. The van der Waals surface area contributed by atoms with Crippen LogP contribution in [0.5, 0.6) is 0 Å². The van der Waals surface area contributed by atoms with Gasteiger partial charge in [-0.2, -0.15) is 5.10 Å². The van der Waals surface area contributed by atoms with Gasteiger partial charge in [-0.1, -0.05) is 28.1 Å². The zero-order valence-corrected chi connectivity index (χ0v) is 13.5. The third kappa shape index (κ3) is 5.77. The number of carbonyl (C=O) groups is 3. The van der Waals surface area contributed by atoms with Crippen molar-refractivity contribution < 1.29 is 14.4 Å². The van der Waals surface area contributed by atoms with Crippen molar-refractivity contribution in [2.75, 3.05) is 6.54 Å². The average molecular weight is 383 g/mol. The third-order valence-electron chi connectivity index (χ3n) is 2.80. The zero-order chi connectivity index (χ0) is 16.7. The van der Waals surface area contributed by atoms with Crippen molar-refractivity contribution >= 4 is 40.0 Å². The Labute approximate surface area is 140 Å². The Kier molecular flexibility index (Phi) is 6.20. The smallest absolute Gasteiger partial charge is 0.292 e. The Balaban J connectivity index is 1.66. The zero-order valence-electron chi connectivity index (χ0n) is 11.9. The number of carbonyl (C=O) groups excluding carboxylic acids is 3. The maximum atomic E-state index is 11.6. The fourth-order valence-corrected chi connectivity index (χ4v) is 1.94. The molecular weight excluding hydrogens is 368 g/mol. The predicted molar refractivity (Wildman–Crippen MR) is 86.1 cm³/mol. The van der Waals surface area contributed by atoms with Crippen LogP contribution in [-0.2, 0) is 9.59 Å². The molecule has 1 aromatic rings. The fourth-order valence-electron chi connectivity index (χ4n) is 1.68. The highest BCUT2D eigenvalue weighted by atomic mass is 79.9. The number of imide groups is 1. The molecule has 4 amide bonds. The Morgan fingerprint density at radius 2 is 2.04 bits per heavy atom. The van der Waals surface area contributed by atoms with Gasteiger partial charge in [0.2, 0.25) is 5.91 Å². The summed E-state index contributed by atoms with van der Waals surface area (Å²) in [6, 6.07) is 6.82. The first-order chi connectivity index (χ1) is 11.0. The Morgan fingerprint density at radius 3 is 2.74 bits per heavy atom. The van der Waals surface area contributed by atoms with Crippen molar-refractivity contribution in [3.8, 4) is 0 Å². The molecule has 0 bridgehead atoms. The summed E-state index contributed by atoms with van der Waals surface area (Å²) in [6.45, 7) is 0.237. The number of benzene rings is 1. The minimum absolute atomic E-state index is 0.122. The van der Waals surface area contributed by atoms with Crippen LogP contribution in [-0.4, -0.2) is 36.8 Å². The van der Waals surface area contributed by atoms with Crippen LogP contribution < -0.4 is 26.9 Å². The van der Waals surface area contributed by atoms with Crippen molar-refractivity contribution in [3.05, 3.63) is 34.3 Å². The molecule has 1 atom stereocenters. The summed E-state index contributed by atoms with van der Waals surface area (Å²) in [5, 5.41) is 8.71. The van der Waals surface area contributed by atoms with Gasteiger partial charge in [-0.05, 0) is 17.7 Å². The van der Waals surface area contributed by atoms with Crippen LogP contribution >= 0.6 is 15.9 Å². The molecule has 0 aromatic heterocycles. The van der Waals surface area contributed by atoms with E-state index in [2.05, 4.69) is 47.9 Å². The highest BCUT2D eigenvalue weighted by Crippen LogP contribution is 2.08. The fraction of sp³-hybridized carbons (Fsp3) is 0.231. The molecule has 0 aliphatic carbocycles. The molecule has 0 saturated carbocycles. The van der Waals surface area contributed by atoms with Crippen LogP contribution in [0.25, 0.3) is 0 Å². The van der Waals surface area contributed by atoms with Gasteiger partial charge in [0.1, 0.15) is 0 Å². The normalized spacial score (nSPS) is 17.7. The number of hydrogen-bond donors (Lipinski definition) is 5. The van der Waals surface area contributed by atoms with Crippen LogP contribution in [0.3, 0.4) is 0 Å². The van der Waals surface area contributed by atoms with E-state index in [1.54, 1.807) is 0 Å². The lowest BCUT2D eigenvalue weighted by molar-refractivity contribution is -0.125. The second-order valence-corrected chi connectivity index (χ2v) is 5.49. The standard InChI is InChI=1S/C13H15BrN6O3/c14-9-3-1-8(2-4-9)7-16-18-10(21)5-6-15-11-12(22)17-13(23)20-19-11/h1-4,7,11,15,19H,5-6H2,(H,18,21)(H2,17,20,22,23)/b16-7+. The van der Waals surface area contributed by atoms with Gasteiger partial charge >= 0.3 is 6.03 Å². The van der Waals surface area contributed by atoms with Gasteiger partial charge < -0.3 is 0 Å². The van der Waals surface area contributed by atoms with Crippen LogP contribution in [0.4, 0.5) is 4.79 Å². The number of hydrogen-bond acceptors (Lipinski definition) is 6. The molecule has 1 heterocycles. The Morgan fingerprint density at radius 1 is 1.30 bits per heavy atom. The van der Waals surface area contributed by atoms with Gasteiger partial charge in [-0.25, -0.2) is 15.6 Å². The van der Waals surface area contributed by atoms with Crippen LogP contribution in [0.1, 0.15) is 12.0 Å². The van der Waals surface area contributed by atoms with Crippen LogP contribution in [0.15, 0.2) is 33.8 Å². The average Bonchev–Trinajstić information content (AvgIpc) is 2.51. The van der Waals surface area contributed by atoms with Gasteiger partial charge in [0, 0.05) is 17.4 Å². The summed E-state index contributed by atoms with van der Waals surface area (Å²) in [7, 11) is 0. The predicted octanol–water partition coefficient (Wildman–Crippen LogP) is -0.451. The summed E-state index contributed by atoms with van der Waals surface area (Å²) < 4.78 is 0.960. The number of rotatable bonds is 6. The summed E-state index contributed by atoms with van der Waals surface area (Å²) in [4.78, 5) is 33.8. The largest absolute Gasteiger partial charge is 0.335 e. The quantitative estimate of drug-likeness (QED) is 0.336. The van der Waals surface area contributed by atoms with Crippen molar-refractivity contribution in [1.29, 1.82) is 0 Å². The van der Waals surface area contributed by atoms with Crippen LogP contribution in [0, 0.1) is 0 Å². The molecule has 0 spiro atoms. The highest BCUT2D eigenvalue weighted by Gasteiger charge is 2.24. The van der Waals surface area contributed by atoms with E-state index in [0.29, 0.717) is 0 Å². The van der Waals surface area contributed by atoms with E-state index >= 15 is 0 Å². The molecule has 0 radical (unpaired) electrons. The molecular formula is C13H15BrN6O3. The number of urea groups is 1. The van der Waals surface area contributed by atoms with Gasteiger partial charge in [0.15, 0.2) is 6.17 Å². The lowest BCUT2D eigenvalue weighted by Crippen LogP contribution is -2.67. The lowest BCUT2D eigenvalue weighted by atomic mass is 10.2. The van der Waals surface area contributed by atoms with Crippen molar-refractivity contribution in [1.82, 2.24) is 26.9 Å². The molecule has 2 rings (SSSR count). The molecule has 1 aromatic carbocycles. The first-order valence-electron chi connectivity index (χ1n) is 6.72. The number of hydrazone groups is 1. The number of halogens is 1. The molecule has 10 heteroatoms. The van der Waals surface area contributed by atoms with E-state index in [1.807, 2.05) is 24.3 Å². The molecule has 122 valence electrons. The van der Waals surface area contributed by atoms with E-state index < -0.39 is 18.1 Å². The van der Waals surface area contributed by atoms with Crippen molar-refractivity contribution in [2.45, 2.75) is 12.6 Å². The monoisotopic (exact) mass is 382 g/mol. The second kappa shape index (κ2) is 8.36. The topological polar surface area (TPSA) is 124 Å². The summed E-state index contributed by atoms with van der Waals surface area (Å²) in [5.74, 6) is -0.812. The van der Waals surface area contributed by atoms with Crippen molar-refractivity contribution in [2.24, 2.45) is 5.10 Å². The van der Waals surface area contributed by atoms with E-state index in [-0.39, 0.29) is 18.9 Å². The molecule has 1 saturated heterocycles. The lowest BCUT2D eigenvalue weighted by Gasteiger charge is -2.23. The Bertz CT molecular complexity index is 619. The summed E-state index contributed by atoms with van der Waals surface area (Å²) in [5.41, 5.74) is 7.96. The maximum absolute atomic E-state index is 11.6. The van der Waals surface area contributed by atoms with Crippen molar-refractivity contribution in [3.63, 3.8) is 0 Å². The maximum Gasteiger partial charge on any atom is 0.335 e. The van der Waals surface area contributed by atoms with Gasteiger partial charge in [0.25, 0.3) is 5.91 Å².